The van der Waals surface area contributed by atoms with Crippen LogP contribution in [0, 0.1) is 5.41 Å². The first-order valence-electron chi connectivity index (χ1n) is 10.7. The molecule has 0 bridgehead atoms. The molecule has 0 radical (unpaired) electrons. The number of primary amides is 1. The SMILES string of the molecule is Cn1cc(C(O)(c2ccc([NH2+]C(=O)OC3CCCC3)c(C=N)c2)C(F)(F)F)c2ccccc21. The number of aromatic nitrogens is 1. The molecule has 1 aliphatic carbocycles. The standard InChI is InChI=1S/C24H24F3N3O3/c1-30-14-19(18-8-4-5-9-21(18)30)23(32,24(25,26)27)16-10-11-20(15(12-16)13-28)29-22(31)33-17-6-2-3-7-17/h4-5,8-14,17,28,32H,2-3,6-7H2,1H3,(H,29,31)/p+1. The van der Waals surface area contributed by atoms with Crippen LogP contribution in [0.4, 0.5) is 23.7 Å². The molecule has 1 aliphatic rings. The van der Waals surface area contributed by atoms with Crippen LogP contribution in [-0.4, -0.2) is 34.3 Å². The van der Waals surface area contributed by atoms with Crippen molar-refractivity contribution >= 4 is 28.9 Å². The number of fused-ring (bicyclic) bond motifs is 1. The van der Waals surface area contributed by atoms with Crippen molar-refractivity contribution in [2.24, 2.45) is 7.05 Å². The number of aliphatic hydroxyl groups is 1. The Bertz CT molecular complexity index is 1200. The number of nitrogens with zero attached hydrogens (tertiary/aromatic N) is 1. The highest BCUT2D eigenvalue weighted by Crippen LogP contribution is 2.47. The Morgan fingerprint density at radius 1 is 1.21 bits per heavy atom. The molecular formula is C24H25F3N3O3+. The average molecular weight is 460 g/mol. The molecule has 6 nitrogen and oxygen atoms in total. The number of benzene rings is 2. The monoisotopic (exact) mass is 460 g/mol. The fraction of sp³-hybridized carbons (Fsp3) is 0.333. The molecule has 1 amide bonds. The number of carbonyl (C=O) groups excluding carboxylic acids is 1. The van der Waals surface area contributed by atoms with Gasteiger partial charge in [0.05, 0.1) is 5.56 Å². The molecule has 1 saturated carbocycles. The van der Waals surface area contributed by atoms with Crippen LogP contribution in [0.3, 0.4) is 0 Å². The van der Waals surface area contributed by atoms with Gasteiger partial charge in [-0.05, 0) is 49.4 Å². The number of amides is 1. The van der Waals surface area contributed by atoms with Crippen molar-refractivity contribution in [3.63, 3.8) is 0 Å². The summed E-state index contributed by atoms with van der Waals surface area (Å²) in [6.07, 6.45) is -0.108. The van der Waals surface area contributed by atoms with E-state index in [0.717, 1.165) is 44.0 Å². The second-order valence-corrected chi connectivity index (χ2v) is 8.35. The Hall–Kier alpha value is -3.17. The molecule has 2 aromatic carbocycles. The fourth-order valence-corrected chi connectivity index (χ4v) is 4.49. The zero-order valence-electron chi connectivity index (χ0n) is 18.0. The molecule has 4 rings (SSSR count). The summed E-state index contributed by atoms with van der Waals surface area (Å²) in [5.74, 6) is 0. The maximum absolute atomic E-state index is 14.4. The van der Waals surface area contributed by atoms with Crippen LogP contribution in [0.25, 0.3) is 10.9 Å². The number of nitrogens with one attached hydrogen (secondary N) is 1. The number of halogens is 3. The lowest BCUT2D eigenvalue weighted by Crippen LogP contribution is -2.83. The highest BCUT2D eigenvalue weighted by molar-refractivity contribution is 5.87. The van der Waals surface area contributed by atoms with Gasteiger partial charge in [-0.3, -0.25) is 0 Å². The number of alkyl halides is 3. The van der Waals surface area contributed by atoms with Gasteiger partial charge in [0.25, 0.3) is 0 Å². The molecule has 1 aromatic heterocycles. The minimum absolute atomic E-state index is 0.0683. The third kappa shape index (κ3) is 4.14. The molecule has 174 valence electrons. The summed E-state index contributed by atoms with van der Waals surface area (Å²) in [5, 5.41) is 20.3. The Balaban J connectivity index is 1.74. The van der Waals surface area contributed by atoms with Crippen molar-refractivity contribution in [1.82, 2.24) is 4.57 Å². The number of para-hydroxylation sites is 1. The van der Waals surface area contributed by atoms with Crippen molar-refractivity contribution in [3.8, 4) is 0 Å². The summed E-state index contributed by atoms with van der Waals surface area (Å²) in [6.45, 7) is 0. The Kier molecular flexibility index (Phi) is 6.02. The first-order valence-corrected chi connectivity index (χ1v) is 10.7. The molecule has 0 spiro atoms. The minimum atomic E-state index is -5.04. The minimum Gasteiger partial charge on any atom is -0.417 e. The summed E-state index contributed by atoms with van der Waals surface area (Å²) in [6, 6.07) is 10.1. The summed E-state index contributed by atoms with van der Waals surface area (Å²) in [5.41, 5.74) is -3.19. The van der Waals surface area contributed by atoms with Gasteiger partial charge >= 0.3 is 12.3 Å². The van der Waals surface area contributed by atoms with Gasteiger partial charge in [0.15, 0.2) is 0 Å². The quantitative estimate of drug-likeness (QED) is 0.393. The van der Waals surface area contributed by atoms with Crippen LogP contribution in [-0.2, 0) is 17.4 Å². The number of hydrogen-bond donors (Lipinski definition) is 3. The summed E-state index contributed by atoms with van der Waals surface area (Å²) < 4.78 is 50.1. The van der Waals surface area contributed by atoms with Crippen molar-refractivity contribution in [3.05, 3.63) is 65.4 Å². The predicted octanol–water partition coefficient (Wildman–Crippen LogP) is 4.25. The number of carbonyl (C=O) groups is 1. The Morgan fingerprint density at radius 2 is 1.91 bits per heavy atom. The molecule has 33 heavy (non-hydrogen) atoms. The van der Waals surface area contributed by atoms with E-state index in [1.54, 1.807) is 25.2 Å². The van der Waals surface area contributed by atoms with Crippen molar-refractivity contribution in [1.29, 1.82) is 5.41 Å². The number of nitrogens with two attached hydrogens (primary N) is 1. The van der Waals surface area contributed by atoms with Crippen molar-refractivity contribution in [2.45, 2.75) is 43.6 Å². The molecular weight excluding hydrogens is 435 g/mol. The third-order valence-corrected chi connectivity index (χ3v) is 6.22. The van der Waals surface area contributed by atoms with E-state index >= 15 is 0 Å². The molecule has 0 aliphatic heterocycles. The number of ether oxygens (including phenoxy) is 1. The third-order valence-electron chi connectivity index (χ3n) is 6.22. The van der Waals surface area contributed by atoms with E-state index in [1.807, 2.05) is 0 Å². The van der Waals surface area contributed by atoms with Gasteiger partial charge in [-0.1, -0.05) is 18.2 Å². The zero-order chi connectivity index (χ0) is 23.8. The fourth-order valence-electron chi connectivity index (χ4n) is 4.49. The van der Waals surface area contributed by atoms with Gasteiger partial charge in [-0.2, -0.15) is 18.0 Å². The normalized spacial score (nSPS) is 16.6. The first-order chi connectivity index (χ1) is 15.6. The first kappa shape index (κ1) is 23.0. The van der Waals surface area contributed by atoms with Gasteiger partial charge in [0.1, 0.15) is 11.8 Å². The molecule has 4 N–H and O–H groups in total. The number of aryl methyl sites for hydroxylation is 1. The summed E-state index contributed by atoms with van der Waals surface area (Å²) >= 11 is 0. The van der Waals surface area contributed by atoms with E-state index in [1.165, 1.54) is 28.2 Å². The Labute approximate surface area is 188 Å². The second kappa shape index (κ2) is 8.64. The molecule has 3 aromatic rings. The molecule has 1 fully saturated rings. The lowest BCUT2D eigenvalue weighted by molar-refractivity contribution is -0.484. The predicted molar refractivity (Wildman–Crippen MR) is 117 cm³/mol. The topological polar surface area (TPSA) is 91.9 Å². The van der Waals surface area contributed by atoms with E-state index < -0.39 is 23.4 Å². The largest absolute Gasteiger partial charge is 0.518 e. The van der Waals surface area contributed by atoms with Gasteiger partial charge in [0, 0.05) is 42.0 Å². The zero-order valence-corrected chi connectivity index (χ0v) is 18.0. The highest BCUT2D eigenvalue weighted by atomic mass is 19.4. The average Bonchev–Trinajstić information content (AvgIpc) is 3.40. The van der Waals surface area contributed by atoms with Crippen LogP contribution >= 0.6 is 0 Å². The number of quaternary nitrogens is 1. The van der Waals surface area contributed by atoms with E-state index in [-0.39, 0.29) is 28.3 Å². The molecule has 1 unspecified atom stereocenters. The lowest BCUT2D eigenvalue weighted by atomic mass is 9.84. The van der Waals surface area contributed by atoms with Gasteiger partial charge < -0.3 is 19.8 Å². The van der Waals surface area contributed by atoms with E-state index in [9.17, 15) is 23.1 Å². The molecule has 1 heterocycles. The van der Waals surface area contributed by atoms with Crippen LogP contribution < -0.4 is 5.32 Å². The lowest BCUT2D eigenvalue weighted by Gasteiger charge is -2.31. The molecule has 0 saturated heterocycles. The number of rotatable bonds is 5. The number of hydrogen-bond acceptors (Lipinski definition) is 4. The van der Waals surface area contributed by atoms with Gasteiger partial charge in [-0.25, -0.2) is 5.32 Å². The second-order valence-electron chi connectivity index (χ2n) is 8.35. The molecule has 9 heteroatoms. The van der Waals surface area contributed by atoms with Crippen LogP contribution in [0.5, 0.6) is 0 Å². The Morgan fingerprint density at radius 3 is 2.58 bits per heavy atom. The maximum atomic E-state index is 14.4. The van der Waals surface area contributed by atoms with Gasteiger partial charge in [-0.15, -0.1) is 0 Å². The van der Waals surface area contributed by atoms with E-state index in [0.29, 0.717) is 5.52 Å². The maximum Gasteiger partial charge on any atom is 0.518 e. The van der Waals surface area contributed by atoms with Crippen LogP contribution in [0.15, 0.2) is 48.7 Å². The van der Waals surface area contributed by atoms with E-state index in [2.05, 4.69) is 0 Å². The van der Waals surface area contributed by atoms with Crippen LogP contribution in [0.1, 0.15) is 42.4 Å². The smallest absolute Gasteiger partial charge is 0.417 e. The van der Waals surface area contributed by atoms with Crippen LogP contribution in [0.2, 0.25) is 0 Å². The van der Waals surface area contributed by atoms with E-state index in [4.69, 9.17) is 10.1 Å². The van der Waals surface area contributed by atoms with Crippen molar-refractivity contribution < 1.29 is 33.1 Å². The summed E-state index contributed by atoms with van der Waals surface area (Å²) in [7, 11) is 1.61. The highest BCUT2D eigenvalue weighted by Gasteiger charge is 2.57. The molecule has 1 atom stereocenters. The van der Waals surface area contributed by atoms with Gasteiger partial charge in [0.2, 0.25) is 5.60 Å². The van der Waals surface area contributed by atoms with Crippen molar-refractivity contribution in [2.75, 3.05) is 0 Å². The summed E-state index contributed by atoms with van der Waals surface area (Å²) in [4.78, 5) is 12.3.